The second kappa shape index (κ2) is 6.26. The number of hydrogen-bond acceptors (Lipinski definition) is 4. The van der Waals surface area contributed by atoms with Gasteiger partial charge in [0.2, 0.25) is 0 Å². The minimum Gasteiger partial charge on any atom is -0.310 e. The molecule has 0 fully saturated rings. The summed E-state index contributed by atoms with van der Waals surface area (Å²) in [4.78, 5) is 25.8. The summed E-state index contributed by atoms with van der Waals surface area (Å²) in [6.07, 6.45) is 1.78. The molecule has 7 heteroatoms. The zero-order valence-electron chi connectivity index (χ0n) is 14.0. The second-order valence-electron chi connectivity index (χ2n) is 7.15. The first-order chi connectivity index (χ1) is 11.2. The molecule has 0 unspecified atom stereocenters. The van der Waals surface area contributed by atoms with Gasteiger partial charge in [0.05, 0.1) is 17.5 Å². The maximum atomic E-state index is 13.4. The summed E-state index contributed by atoms with van der Waals surface area (Å²) >= 11 is 6.03. The van der Waals surface area contributed by atoms with Gasteiger partial charge in [-0.1, -0.05) is 32.4 Å². The van der Waals surface area contributed by atoms with Crippen molar-refractivity contribution in [3.8, 4) is 0 Å². The highest BCUT2D eigenvalue weighted by atomic mass is 35.5. The Morgan fingerprint density at radius 3 is 2.88 bits per heavy atom. The number of aromatic nitrogens is 3. The van der Waals surface area contributed by atoms with E-state index in [-0.39, 0.29) is 16.1 Å². The third kappa shape index (κ3) is 3.49. The summed E-state index contributed by atoms with van der Waals surface area (Å²) in [7, 11) is 0. The zero-order chi connectivity index (χ0) is 17.5. The van der Waals surface area contributed by atoms with Gasteiger partial charge in [0, 0.05) is 37.0 Å². The van der Waals surface area contributed by atoms with Crippen molar-refractivity contribution in [2.75, 3.05) is 6.54 Å². The van der Waals surface area contributed by atoms with Crippen LogP contribution in [0, 0.1) is 5.82 Å². The van der Waals surface area contributed by atoms with Gasteiger partial charge in [0.25, 0.3) is 5.56 Å². The molecule has 0 saturated heterocycles. The number of fused-ring (bicyclic) bond motifs is 1. The van der Waals surface area contributed by atoms with Crippen molar-refractivity contribution in [1.82, 2.24) is 19.9 Å². The summed E-state index contributed by atoms with van der Waals surface area (Å²) in [6.45, 7) is 7.71. The molecule has 128 valence electrons. The van der Waals surface area contributed by atoms with Crippen LogP contribution >= 0.6 is 11.6 Å². The maximum absolute atomic E-state index is 13.4. The zero-order valence-corrected chi connectivity index (χ0v) is 14.7. The van der Waals surface area contributed by atoms with Crippen LogP contribution in [0.4, 0.5) is 4.39 Å². The Morgan fingerprint density at radius 2 is 2.17 bits per heavy atom. The molecule has 0 atom stereocenters. The number of nitrogens with one attached hydrogen (secondary N) is 1. The molecule has 5 nitrogen and oxygen atoms in total. The Bertz CT molecular complexity index is 828. The number of pyridine rings is 1. The number of nitrogens with zero attached hydrogens (tertiary/aromatic N) is 3. The van der Waals surface area contributed by atoms with E-state index in [9.17, 15) is 9.18 Å². The minimum atomic E-state index is -0.416. The lowest BCUT2D eigenvalue weighted by Crippen LogP contribution is -2.37. The molecule has 0 saturated carbocycles. The molecule has 0 amide bonds. The molecule has 3 rings (SSSR count). The fourth-order valence-electron chi connectivity index (χ4n) is 2.79. The molecule has 0 aliphatic carbocycles. The van der Waals surface area contributed by atoms with E-state index in [4.69, 9.17) is 11.6 Å². The highest BCUT2D eigenvalue weighted by Crippen LogP contribution is 2.23. The minimum absolute atomic E-state index is 0.0990. The number of aromatic amines is 1. The molecule has 24 heavy (non-hydrogen) atoms. The standard InChI is InChI=1S/C17H20ClFN4O/c1-17(2,3)16-21-13-4-5-23(9-12(13)15(24)22-16)8-10-6-11(19)7-20-14(10)18/h6-7H,4-5,8-9H2,1-3H3,(H,21,22,24). The van der Waals surface area contributed by atoms with E-state index < -0.39 is 5.82 Å². The summed E-state index contributed by atoms with van der Waals surface area (Å²) in [5.41, 5.74) is 1.85. The Balaban J connectivity index is 1.85. The van der Waals surface area contributed by atoms with Gasteiger partial charge >= 0.3 is 0 Å². The van der Waals surface area contributed by atoms with E-state index in [2.05, 4.69) is 19.9 Å². The molecular weight excluding hydrogens is 331 g/mol. The van der Waals surface area contributed by atoms with Crippen molar-refractivity contribution in [3.05, 3.63) is 56.2 Å². The first-order valence-electron chi connectivity index (χ1n) is 7.89. The second-order valence-corrected chi connectivity index (χ2v) is 7.51. The molecule has 2 aromatic rings. The summed E-state index contributed by atoms with van der Waals surface area (Å²) < 4.78 is 13.4. The Kier molecular flexibility index (Phi) is 4.44. The van der Waals surface area contributed by atoms with Crippen molar-refractivity contribution in [2.24, 2.45) is 0 Å². The van der Waals surface area contributed by atoms with Crippen LogP contribution in [0.1, 0.15) is 43.4 Å². The third-order valence-electron chi connectivity index (χ3n) is 4.13. The lowest BCUT2D eigenvalue weighted by Gasteiger charge is -2.29. The smallest absolute Gasteiger partial charge is 0.255 e. The average Bonchev–Trinajstić information content (AvgIpc) is 2.50. The van der Waals surface area contributed by atoms with Gasteiger partial charge in [-0.05, 0) is 6.07 Å². The maximum Gasteiger partial charge on any atom is 0.255 e. The third-order valence-corrected chi connectivity index (χ3v) is 4.47. The van der Waals surface area contributed by atoms with Gasteiger partial charge in [-0.25, -0.2) is 14.4 Å². The van der Waals surface area contributed by atoms with E-state index in [0.29, 0.717) is 36.5 Å². The summed E-state index contributed by atoms with van der Waals surface area (Å²) in [5, 5.41) is 0.289. The highest BCUT2D eigenvalue weighted by Gasteiger charge is 2.25. The topological polar surface area (TPSA) is 61.9 Å². The molecule has 0 aromatic carbocycles. The van der Waals surface area contributed by atoms with Crippen molar-refractivity contribution in [1.29, 1.82) is 0 Å². The fourth-order valence-corrected chi connectivity index (χ4v) is 2.95. The molecule has 2 aromatic heterocycles. The molecule has 1 aliphatic rings. The van der Waals surface area contributed by atoms with Crippen LogP contribution in [0.15, 0.2) is 17.1 Å². The number of halogens is 2. The van der Waals surface area contributed by atoms with Crippen molar-refractivity contribution in [2.45, 2.75) is 45.7 Å². The monoisotopic (exact) mass is 350 g/mol. The van der Waals surface area contributed by atoms with Crippen LogP contribution in [0.25, 0.3) is 0 Å². The van der Waals surface area contributed by atoms with E-state index in [1.54, 1.807) is 0 Å². The summed E-state index contributed by atoms with van der Waals surface area (Å²) in [6, 6.07) is 1.38. The fraction of sp³-hybridized carbons (Fsp3) is 0.471. The van der Waals surface area contributed by atoms with Gasteiger partial charge in [-0.15, -0.1) is 0 Å². The van der Waals surface area contributed by atoms with Crippen molar-refractivity contribution < 1.29 is 4.39 Å². The van der Waals surface area contributed by atoms with Crippen molar-refractivity contribution >= 4 is 11.6 Å². The molecule has 0 bridgehead atoms. The van der Waals surface area contributed by atoms with Crippen LogP contribution in [-0.4, -0.2) is 26.4 Å². The number of rotatable bonds is 2. The first kappa shape index (κ1) is 17.0. The van der Waals surface area contributed by atoms with Crippen LogP contribution in [0.2, 0.25) is 5.15 Å². The molecule has 1 N–H and O–H groups in total. The first-order valence-corrected chi connectivity index (χ1v) is 8.26. The Hall–Kier alpha value is -1.79. The van der Waals surface area contributed by atoms with Crippen LogP contribution < -0.4 is 5.56 Å². The molecular formula is C17H20ClFN4O. The van der Waals surface area contributed by atoms with Gasteiger partial charge in [-0.3, -0.25) is 9.69 Å². The highest BCUT2D eigenvalue weighted by molar-refractivity contribution is 6.30. The quantitative estimate of drug-likeness (QED) is 0.846. The predicted octanol–water partition coefficient (Wildman–Crippen LogP) is 2.81. The van der Waals surface area contributed by atoms with E-state index in [0.717, 1.165) is 18.4 Å². The lowest BCUT2D eigenvalue weighted by molar-refractivity contribution is 0.240. The summed E-state index contributed by atoms with van der Waals surface area (Å²) in [5.74, 6) is 0.290. The van der Waals surface area contributed by atoms with Gasteiger partial charge in [0.15, 0.2) is 0 Å². The predicted molar refractivity (Wildman–Crippen MR) is 90.6 cm³/mol. The molecule has 3 heterocycles. The van der Waals surface area contributed by atoms with Gasteiger partial charge in [-0.2, -0.15) is 0 Å². The van der Waals surface area contributed by atoms with E-state index in [1.165, 1.54) is 6.07 Å². The largest absolute Gasteiger partial charge is 0.310 e. The van der Waals surface area contributed by atoms with E-state index in [1.807, 2.05) is 20.8 Å². The molecule has 1 aliphatic heterocycles. The van der Waals surface area contributed by atoms with Gasteiger partial charge in [0.1, 0.15) is 16.8 Å². The normalized spacial score (nSPS) is 15.4. The van der Waals surface area contributed by atoms with Crippen LogP contribution in [-0.2, 0) is 24.9 Å². The van der Waals surface area contributed by atoms with Crippen molar-refractivity contribution in [3.63, 3.8) is 0 Å². The molecule has 0 radical (unpaired) electrons. The van der Waals surface area contributed by atoms with E-state index >= 15 is 0 Å². The van der Waals surface area contributed by atoms with Crippen LogP contribution in [0.3, 0.4) is 0 Å². The average molecular weight is 351 g/mol. The number of hydrogen-bond donors (Lipinski definition) is 1. The molecule has 0 spiro atoms. The Labute approximate surface area is 144 Å². The lowest BCUT2D eigenvalue weighted by atomic mass is 9.95. The van der Waals surface area contributed by atoms with Crippen LogP contribution in [0.5, 0.6) is 0 Å². The SMILES string of the molecule is CC(C)(C)c1nc2c(c(=O)[nH]1)CN(Cc1cc(F)cnc1Cl)CC2. The van der Waals surface area contributed by atoms with Gasteiger partial charge < -0.3 is 4.98 Å². The Morgan fingerprint density at radius 1 is 1.42 bits per heavy atom. The number of H-pyrrole nitrogens is 1.